The van der Waals surface area contributed by atoms with Gasteiger partial charge in [0.15, 0.2) is 5.96 Å². The van der Waals surface area contributed by atoms with Crippen molar-refractivity contribution in [3.05, 3.63) is 18.0 Å². The molecule has 0 unspecified atom stereocenters. The largest absolute Gasteiger partial charge is 0.364 e. The summed E-state index contributed by atoms with van der Waals surface area (Å²) in [6.45, 7) is 14.6. The highest BCUT2D eigenvalue weighted by Crippen LogP contribution is 2.07. The molecule has 1 aromatic rings. The highest BCUT2D eigenvalue weighted by atomic mass is 127. The van der Waals surface area contributed by atoms with Crippen molar-refractivity contribution < 1.29 is 9.32 Å². The lowest BCUT2D eigenvalue weighted by atomic mass is 10.3. The molecule has 2 fully saturated rings. The summed E-state index contributed by atoms with van der Waals surface area (Å²) in [5.41, 5.74) is 0.985. The van der Waals surface area contributed by atoms with Crippen LogP contribution in [-0.2, 0) is 11.3 Å². The molecule has 1 amide bonds. The molecule has 0 bridgehead atoms. The Kier molecular flexibility index (Phi) is 10.2. The zero-order chi connectivity index (χ0) is 19.8. The van der Waals surface area contributed by atoms with Crippen molar-refractivity contribution in [3.63, 3.8) is 0 Å². The monoisotopic (exact) mass is 519 g/mol. The smallest absolute Gasteiger partial charge is 0.219 e. The third kappa shape index (κ3) is 7.41. The maximum Gasteiger partial charge on any atom is 0.219 e. The number of amides is 1. The molecule has 164 valence electrons. The van der Waals surface area contributed by atoms with Crippen LogP contribution >= 0.6 is 24.0 Å². The van der Waals surface area contributed by atoms with Gasteiger partial charge in [0.1, 0.15) is 6.26 Å². The molecule has 3 rings (SSSR count). The van der Waals surface area contributed by atoms with E-state index in [-0.39, 0.29) is 29.9 Å². The van der Waals surface area contributed by atoms with Crippen LogP contribution in [0.5, 0.6) is 0 Å². The number of aromatic nitrogens is 1. The number of rotatable bonds is 6. The lowest BCUT2D eigenvalue weighted by molar-refractivity contribution is -0.130. The summed E-state index contributed by atoms with van der Waals surface area (Å²) in [5.74, 6) is 1.18. The van der Waals surface area contributed by atoms with Gasteiger partial charge in [0.05, 0.1) is 12.2 Å². The van der Waals surface area contributed by atoms with E-state index in [9.17, 15) is 4.79 Å². The van der Waals surface area contributed by atoms with Gasteiger partial charge in [-0.1, -0.05) is 5.16 Å². The zero-order valence-corrected chi connectivity index (χ0v) is 19.9. The number of hydrogen-bond acceptors (Lipinski definition) is 6. The first-order chi connectivity index (χ1) is 13.7. The summed E-state index contributed by atoms with van der Waals surface area (Å²) in [7, 11) is 0. The molecular weight excluding hydrogens is 485 g/mol. The van der Waals surface area contributed by atoms with E-state index in [4.69, 9.17) is 9.52 Å². The van der Waals surface area contributed by atoms with Gasteiger partial charge < -0.3 is 19.6 Å². The molecule has 29 heavy (non-hydrogen) atoms. The maximum atomic E-state index is 11.4. The first-order valence-corrected chi connectivity index (χ1v) is 10.3. The maximum absolute atomic E-state index is 11.4. The van der Waals surface area contributed by atoms with Crippen molar-refractivity contribution in [3.8, 4) is 0 Å². The van der Waals surface area contributed by atoms with Crippen LogP contribution in [0.15, 0.2) is 21.8 Å². The number of piperazine rings is 2. The number of nitrogens with one attached hydrogen (secondary N) is 1. The van der Waals surface area contributed by atoms with E-state index in [1.54, 1.807) is 13.2 Å². The van der Waals surface area contributed by atoms with Gasteiger partial charge in [0.2, 0.25) is 5.91 Å². The normalized spacial score (nSPS) is 19.2. The number of carbonyl (C=O) groups is 1. The fraction of sp³-hybridized carbons (Fsp3) is 0.737. The summed E-state index contributed by atoms with van der Waals surface area (Å²) in [4.78, 5) is 25.3. The van der Waals surface area contributed by atoms with Gasteiger partial charge in [-0.05, 0) is 6.92 Å². The highest BCUT2D eigenvalue weighted by Gasteiger charge is 2.21. The van der Waals surface area contributed by atoms with Crippen LogP contribution in [0, 0.1) is 0 Å². The van der Waals surface area contributed by atoms with E-state index in [2.05, 4.69) is 32.1 Å². The van der Waals surface area contributed by atoms with Crippen LogP contribution in [0.4, 0.5) is 0 Å². The lowest BCUT2D eigenvalue weighted by Crippen LogP contribution is -2.52. The first kappa shape index (κ1) is 23.9. The molecule has 0 aliphatic carbocycles. The highest BCUT2D eigenvalue weighted by molar-refractivity contribution is 14.0. The van der Waals surface area contributed by atoms with Crippen LogP contribution in [-0.4, -0.2) is 109 Å². The van der Waals surface area contributed by atoms with Crippen LogP contribution < -0.4 is 5.32 Å². The number of guanidine groups is 1. The van der Waals surface area contributed by atoms with Gasteiger partial charge >= 0.3 is 0 Å². The Morgan fingerprint density at radius 3 is 2.34 bits per heavy atom. The van der Waals surface area contributed by atoms with Gasteiger partial charge in [-0.15, -0.1) is 24.0 Å². The second kappa shape index (κ2) is 12.3. The molecule has 10 heteroatoms. The SMILES string of the molecule is CCNC(=NCCN1CCN(C(C)=O)CC1)N1CCN(Cc2ccon2)CC1.I. The summed E-state index contributed by atoms with van der Waals surface area (Å²) < 4.78 is 4.92. The molecule has 0 atom stereocenters. The quantitative estimate of drug-likeness (QED) is 0.334. The van der Waals surface area contributed by atoms with Crippen LogP contribution in [0.25, 0.3) is 0 Å². The molecule has 2 aliphatic rings. The van der Waals surface area contributed by atoms with E-state index < -0.39 is 0 Å². The number of hydrogen-bond donors (Lipinski definition) is 1. The van der Waals surface area contributed by atoms with Gasteiger partial charge in [-0.2, -0.15) is 0 Å². The van der Waals surface area contributed by atoms with Crippen molar-refractivity contribution >= 4 is 35.8 Å². The summed E-state index contributed by atoms with van der Waals surface area (Å²) in [6.07, 6.45) is 1.63. The van der Waals surface area contributed by atoms with Gasteiger partial charge in [-0.3, -0.25) is 19.6 Å². The topological polar surface area (TPSA) is 80.5 Å². The molecule has 1 aromatic heterocycles. The molecule has 9 nitrogen and oxygen atoms in total. The summed E-state index contributed by atoms with van der Waals surface area (Å²) in [6, 6.07) is 1.92. The minimum Gasteiger partial charge on any atom is -0.364 e. The summed E-state index contributed by atoms with van der Waals surface area (Å²) >= 11 is 0. The average Bonchev–Trinajstić information content (AvgIpc) is 3.21. The Morgan fingerprint density at radius 2 is 1.76 bits per heavy atom. The Morgan fingerprint density at radius 1 is 1.10 bits per heavy atom. The standard InChI is InChI=1S/C19H33N7O2.HI/c1-3-20-19(21-5-6-23-7-11-25(12-8-23)17(2)27)26-13-9-24(10-14-26)16-18-4-15-28-22-18;/h4,15H,3,5-14,16H2,1-2H3,(H,20,21);1H. The molecule has 2 saturated heterocycles. The predicted molar refractivity (Wildman–Crippen MR) is 123 cm³/mol. The van der Waals surface area contributed by atoms with Crippen molar-refractivity contribution in [2.45, 2.75) is 20.4 Å². The number of nitrogens with zero attached hydrogens (tertiary/aromatic N) is 6. The fourth-order valence-electron chi connectivity index (χ4n) is 3.68. The van der Waals surface area contributed by atoms with Gasteiger partial charge in [0, 0.05) is 85.0 Å². The van der Waals surface area contributed by atoms with Gasteiger partial charge in [-0.25, -0.2) is 0 Å². The third-order valence-corrected chi connectivity index (χ3v) is 5.38. The minimum atomic E-state index is 0. The van der Waals surface area contributed by atoms with Crippen molar-refractivity contribution in [2.75, 3.05) is 72.0 Å². The number of aliphatic imine (C=N–C) groups is 1. The molecule has 0 radical (unpaired) electrons. The summed E-state index contributed by atoms with van der Waals surface area (Å²) in [5, 5.41) is 7.43. The fourth-order valence-corrected chi connectivity index (χ4v) is 3.68. The minimum absolute atomic E-state index is 0. The van der Waals surface area contributed by atoms with Crippen LogP contribution in [0.1, 0.15) is 19.5 Å². The Hall–Kier alpha value is -1.40. The number of carbonyl (C=O) groups excluding carboxylic acids is 1. The van der Waals surface area contributed by atoms with E-state index in [1.165, 1.54) is 0 Å². The number of halogens is 1. The molecule has 2 aliphatic heterocycles. The van der Waals surface area contributed by atoms with Gasteiger partial charge in [0.25, 0.3) is 0 Å². The van der Waals surface area contributed by atoms with Crippen LogP contribution in [0.2, 0.25) is 0 Å². The van der Waals surface area contributed by atoms with E-state index in [0.29, 0.717) is 0 Å². The molecule has 0 saturated carbocycles. The van der Waals surface area contributed by atoms with Crippen LogP contribution in [0.3, 0.4) is 0 Å². The van der Waals surface area contributed by atoms with E-state index in [1.807, 2.05) is 11.0 Å². The molecule has 3 heterocycles. The van der Waals surface area contributed by atoms with E-state index in [0.717, 1.165) is 90.2 Å². The van der Waals surface area contributed by atoms with Crippen molar-refractivity contribution in [2.24, 2.45) is 4.99 Å². The third-order valence-electron chi connectivity index (χ3n) is 5.38. The Bertz CT molecular complexity index is 625. The van der Waals surface area contributed by atoms with Crippen molar-refractivity contribution in [1.82, 2.24) is 30.1 Å². The predicted octanol–water partition coefficient (Wildman–Crippen LogP) is 0.540. The Balaban J connectivity index is 0.00000300. The first-order valence-electron chi connectivity index (χ1n) is 10.3. The average molecular weight is 519 g/mol. The molecular formula is C19H34IN7O2. The molecule has 0 spiro atoms. The molecule has 0 aromatic carbocycles. The zero-order valence-electron chi connectivity index (χ0n) is 17.5. The van der Waals surface area contributed by atoms with E-state index >= 15 is 0 Å². The lowest BCUT2D eigenvalue weighted by Gasteiger charge is -2.36. The second-order valence-electron chi connectivity index (χ2n) is 7.34. The second-order valence-corrected chi connectivity index (χ2v) is 7.34. The van der Waals surface area contributed by atoms with Crippen molar-refractivity contribution in [1.29, 1.82) is 0 Å². The Labute approximate surface area is 190 Å². The molecule has 1 N–H and O–H groups in total.